The van der Waals surface area contributed by atoms with E-state index in [2.05, 4.69) is 20.8 Å². The predicted molar refractivity (Wildman–Crippen MR) is 80.5 cm³/mol. The lowest BCUT2D eigenvalue weighted by Crippen LogP contribution is -2.30. The van der Waals surface area contributed by atoms with E-state index in [0.29, 0.717) is 0 Å². The Hall–Kier alpha value is -0.660. The van der Waals surface area contributed by atoms with Crippen LogP contribution in [0.25, 0.3) is 0 Å². The van der Waals surface area contributed by atoms with Crippen LogP contribution in [0, 0.1) is 0 Å². The summed E-state index contributed by atoms with van der Waals surface area (Å²) in [4.78, 5) is 0. The minimum atomic E-state index is -0.945. The number of rotatable bonds is 2. The SMILES string of the molecule is COc1ccc2c(c1P(Cl)C(C)(C)C)OC(C)(C)O2. The van der Waals surface area contributed by atoms with Gasteiger partial charge in [-0.05, 0) is 12.1 Å². The van der Waals surface area contributed by atoms with Gasteiger partial charge in [-0.2, -0.15) is 0 Å². The molecule has 1 heterocycles. The fourth-order valence-corrected chi connectivity index (χ4v) is 3.78. The molecule has 0 amide bonds. The van der Waals surface area contributed by atoms with Gasteiger partial charge >= 0.3 is 0 Å². The minimum absolute atomic E-state index is 0.0462. The smallest absolute Gasteiger partial charge is 0.246 e. The predicted octanol–water partition coefficient (Wildman–Crippen LogP) is 4.26. The third-order valence-electron chi connectivity index (χ3n) is 2.77. The van der Waals surface area contributed by atoms with Crippen LogP contribution in [0.5, 0.6) is 17.2 Å². The molecule has 0 fully saturated rings. The van der Waals surface area contributed by atoms with Crippen LogP contribution in [0.3, 0.4) is 0 Å². The number of hydrogen-bond acceptors (Lipinski definition) is 3. The molecule has 1 aromatic rings. The maximum Gasteiger partial charge on any atom is 0.246 e. The summed E-state index contributed by atoms with van der Waals surface area (Å²) in [6.07, 6.45) is 0. The second-order valence-corrected chi connectivity index (χ2v) is 9.36. The van der Waals surface area contributed by atoms with Crippen molar-refractivity contribution in [1.29, 1.82) is 0 Å². The van der Waals surface area contributed by atoms with E-state index < -0.39 is 13.1 Å². The van der Waals surface area contributed by atoms with Gasteiger partial charge in [0.25, 0.3) is 0 Å². The molecule has 1 aliphatic rings. The number of methoxy groups -OCH3 is 1. The fraction of sp³-hybridized carbons (Fsp3) is 0.571. The van der Waals surface area contributed by atoms with Crippen molar-refractivity contribution in [2.45, 2.75) is 45.6 Å². The zero-order valence-electron chi connectivity index (χ0n) is 12.2. The summed E-state index contributed by atoms with van der Waals surface area (Å²) in [6, 6.07) is 3.76. The first-order valence-corrected chi connectivity index (χ1v) is 8.45. The second-order valence-electron chi connectivity index (χ2n) is 6.00. The molecule has 1 aromatic carbocycles. The third-order valence-corrected chi connectivity index (χ3v) is 6.79. The van der Waals surface area contributed by atoms with E-state index in [9.17, 15) is 0 Å². The molecule has 3 nitrogen and oxygen atoms in total. The van der Waals surface area contributed by atoms with Crippen LogP contribution < -0.4 is 19.5 Å². The summed E-state index contributed by atoms with van der Waals surface area (Å²) in [7, 11) is 0.702. The largest absolute Gasteiger partial charge is 0.496 e. The average molecular weight is 303 g/mol. The third kappa shape index (κ3) is 2.78. The maximum atomic E-state index is 6.69. The maximum absolute atomic E-state index is 6.69. The van der Waals surface area contributed by atoms with Crippen molar-refractivity contribution in [3.8, 4) is 17.2 Å². The van der Waals surface area contributed by atoms with Crippen molar-refractivity contribution < 1.29 is 14.2 Å². The highest BCUT2D eigenvalue weighted by atomic mass is 35.7. The van der Waals surface area contributed by atoms with Crippen LogP contribution in [0.1, 0.15) is 34.6 Å². The van der Waals surface area contributed by atoms with Crippen LogP contribution in [-0.4, -0.2) is 18.1 Å². The number of halogens is 1. The van der Waals surface area contributed by atoms with Gasteiger partial charge in [0, 0.05) is 26.3 Å². The quantitative estimate of drug-likeness (QED) is 0.764. The number of benzene rings is 1. The summed E-state index contributed by atoms with van der Waals surface area (Å²) < 4.78 is 17.1. The standard InChI is InChI=1S/C14H20ClO3P/c1-13(2,3)19(15)12-10(16-6)8-7-9-11(12)18-14(4,5)17-9/h7-8H,1-6H3. The van der Waals surface area contributed by atoms with Crippen LogP contribution in [0.15, 0.2) is 12.1 Å². The lowest BCUT2D eigenvalue weighted by Gasteiger charge is -2.27. The molecule has 1 unspecified atom stereocenters. The first-order chi connectivity index (χ1) is 8.65. The Balaban J connectivity index is 2.57. The van der Waals surface area contributed by atoms with Gasteiger partial charge in [-0.25, -0.2) is 0 Å². The lowest BCUT2D eigenvalue weighted by molar-refractivity contribution is -0.0427. The second kappa shape index (κ2) is 4.71. The fourth-order valence-electron chi connectivity index (χ4n) is 1.93. The number of ether oxygens (including phenoxy) is 3. The Kier molecular flexibility index (Phi) is 3.66. The van der Waals surface area contributed by atoms with Gasteiger partial charge in [-0.1, -0.05) is 32.0 Å². The molecular weight excluding hydrogens is 283 g/mol. The van der Waals surface area contributed by atoms with Crippen molar-refractivity contribution in [1.82, 2.24) is 0 Å². The Morgan fingerprint density at radius 2 is 1.84 bits per heavy atom. The van der Waals surface area contributed by atoms with Gasteiger partial charge in [-0.15, -0.1) is 0 Å². The molecule has 0 spiro atoms. The molecule has 0 saturated heterocycles. The first kappa shape index (κ1) is 14.7. The van der Waals surface area contributed by atoms with Crippen molar-refractivity contribution >= 4 is 23.8 Å². The highest BCUT2D eigenvalue weighted by molar-refractivity contribution is 7.91. The van der Waals surface area contributed by atoms with Crippen LogP contribution in [-0.2, 0) is 0 Å². The molecule has 0 bridgehead atoms. The first-order valence-electron chi connectivity index (χ1n) is 6.21. The zero-order chi connectivity index (χ0) is 14.4. The molecular formula is C14H20ClO3P. The normalized spacial score (nSPS) is 18.3. The molecule has 0 aliphatic carbocycles. The molecule has 0 N–H and O–H groups in total. The highest BCUT2D eigenvalue weighted by Crippen LogP contribution is 2.58. The Bertz CT molecular complexity index is 494. The van der Waals surface area contributed by atoms with Gasteiger partial charge in [0.2, 0.25) is 5.79 Å². The van der Waals surface area contributed by atoms with Crippen molar-refractivity contribution in [2.24, 2.45) is 0 Å². The van der Waals surface area contributed by atoms with Gasteiger partial charge < -0.3 is 14.2 Å². The van der Waals surface area contributed by atoms with Crippen LogP contribution >= 0.6 is 18.5 Å². The molecule has 1 aliphatic heterocycles. The van der Waals surface area contributed by atoms with Crippen molar-refractivity contribution in [2.75, 3.05) is 7.11 Å². The molecule has 0 radical (unpaired) electrons. The number of fused-ring (bicyclic) bond motifs is 1. The Morgan fingerprint density at radius 3 is 2.37 bits per heavy atom. The number of hydrogen-bond donors (Lipinski definition) is 0. The van der Waals surface area contributed by atoms with E-state index in [1.807, 2.05) is 26.0 Å². The zero-order valence-corrected chi connectivity index (χ0v) is 13.9. The summed E-state index contributed by atoms with van der Waals surface area (Å²) in [5.41, 5.74) is 0. The Morgan fingerprint density at radius 1 is 1.21 bits per heavy atom. The van der Waals surface area contributed by atoms with E-state index in [4.69, 9.17) is 25.5 Å². The van der Waals surface area contributed by atoms with Gasteiger partial charge in [-0.3, -0.25) is 0 Å². The average Bonchev–Trinajstić information content (AvgIpc) is 2.59. The van der Waals surface area contributed by atoms with Crippen molar-refractivity contribution in [3.05, 3.63) is 12.1 Å². The molecule has 106 valence electrons. The molecule has 5 heteroatoms. The molecule has 19 heavy (non-hydrogen) atoms. The monoisotopic (exact) mass is 302 g/mol. The van der Waals surface area contributed by atoms with Crippen LogP contribution in [0.2, 0.25) is 0 Å². The topological polar surface area (TPSA) is 27.7 Å². The lowest BCUT2D eigenvalue weighted by atomic mass is 10.2. The summed E-state index contributed by atoms with van der Waals surface area (Å²) in [5, 5.41) is 0.879. The van der Waals surface area contributed by atoms with E-state index >= 15 is 0 Å². The summed E-state index contributed by atoms with van der Waals surface area (Å²) >= 11 is 6.69. The van der Waals surface area contributed by atoms with E-state index in [0.717, 1.165) is 22.6 Å². The van der Waals surface area contributed by atoms with Gasteiger partial charge in [0.05, 0.1) is 12.4 Å². The molecule has 2 rings (SSSR count). The molecule has 0 aromatic heterocycles. The van der Waals surface area contributed by atoms with Gasteiger partial charge in [0.15, 0.2) is 11.5 Å². The minimum Gasteiger partial charge on any atom is -0.496 e. The van der Waals surface area contributed by atoms with E-state index in [-0.39, 0.29) is 5.16 Å². The van der Waals surface area contributed by atoms with Gasteiger partial charge in [0.1, 0.15) is 5.75 Å². The highest BCUT2D eigenvalue weighted by Gasteiger charge is 2.39. The Labute approximate surface area is 120 Å². The molecule has 0 saturated carbocycles. The van der Waals surface area contributed by atoms with E-state index in [1.165, 1.54) is 0 Å². The molecule has 1 atom stereocenters. The van der Waals surface area contributed by atoms with Crippen LogP contribution in [0.4, 0.5) is 0 Å². The summed E-state index contributed by atoms with van der Waals surface area (Å²) in [6.45, 7) is 10.1. The van der Waals surface area contributed by atoms with E-state index in [1.54, 1.807) is 7.11 Å². The van der Waals surface area contributed by atoms with Crippen molar-refractivity contribution in [3.63, 3.8) is 0 Å². The summed E-state index contributed by atoms with van der Waals surface area (Å²) in [5.74, 6) is 1.56.